The topological polar surface area (TPSA) is 42.0 Å². The number of amides is 1. The molecule has 0 saturated carbocycles. The molecular weight excluding hydrogens is 224 g/mol. The molecule has 0 bridgehead atoms. The van der Waals surface area contributed by atoms with E-state index in [-0.39, 0.29) is 5.91 Å². The first-order valence-corrected chi connectivity index (χ1v) is 5.63. The van der Waals surface area contributed by atoms with E-state index in [2.05, 4.69) is 16.0 Å². The fourth-order valence-electron chi connectivity index (χ4n) is 1.87. The fraction of sp³-hybridized carbons (Fsp3) is 0. The number of carbonyl (C=O) groups is 1. The molecule has 0 atom stereocenters. The molecule has 18 heavy (non-hydrogen) atoms. The van der Waals surface area contributed by atoms with E-state index in [4.69, 9.17) is 0 Å². The van der Waals surface area contributed by atoms with Gasteiger partial charge in [0.1, 0.15) is 0 Å². The minimum absolute atomic E-state index is 0.168. The van der Waals surface area contributed by atoms with Crippen molar-refractivity contribution in [1.82, 2.24) is 4.98 Å². The number of rotatable bonds is 2. The molecule has 3 heteroatoms. The normalized spacial score (nSPS) is 12.8. The molecule has 0 radical (unpaired) electrons. The van der Waals surface area contributed by atoms with Crippen molar-refractivity contribution in [2.45, 2.75) is 0 Å². The third-order valence-electron chi connectivity index (χ3n) is 2.72. The molecule has 0 unspecified atom stereocenters. The molecule has 3 rings (SSSR count). The van der Waals surface area contributed by atoms with Gasteiger partial charge < -0.3 is 5.32 Å². The molecule has 1 heterocycles. The van der Waals surface area contributed by atoms with Crippen LogP contribution >= 0.6 is 0 Å². The van der Waals surface area contributed by atoms with E-state index in [9.17, 15) is 4.79 Å². The van der Waals surface area contributed by atoms with Gasteiger partial charge in [0.05, 0.1) is 16.8 Å². The zero-order valence-electron chi connectivity index (χ0n) is 9.55. The number of fused-ring (bicyclic) bond motifs is 1. The predicted molar refractivity (Wildman–Crippen MR) is 71.1 cm³/mol. The fourth-order valence-corrected chi connectivity index (χ4v) is 1.87. The maximum absolute atomic E-state index is 11.9. The Morgan fingerprint density at radius 1 is 1.22 bits per heavy atom. The van der Waals surface area contributed by atoms with Gasteiger partial charge in [-0.3, -0.25) is 9.78 Å². The van der Waals surface area contributed by atoms with E-state index in [0.717, 1.165) is 10.9 Å². The summed E-state index contributed by atoms with van der Waals surface area (Å²) < 4.78 is 0. The van der Waals surface area contributed by atoms with Gasteiger partial charge in [0.25, 0.3) is 5.91 Å². The number of aromatic nitrogens is 1. The Labute approximate surface area is 104 Å². The predicted octanol–water partition coefficient (Wildman–Crippen LogP) is 2.82. The van der Waals surface area contributed by atoms with Crippen LogP contribution in [0, 0.1) is 0 Å². The van der Waals surface area contributed by atoms with Crippen LogP contribution in [0.25, 0.3) is 10.9 Å². The molecule has 3 nitrogen and oxygen atoms in total. The van der Waals surface area contributed by atoms with Gasteiger partial charge in [-0.15, -0.1) is 5.73 Å². The Bertz CT molecular complexity index is 717. The summed E-state index contributed by atoms with van der Waals surface area (Å²) in [6.07, 6.45) is 6.95. The summed E-state index contributed by atoms with van der Waals surface area (Å²) >= 11 is 0. The Morgan fingerprint density at radius 3 is 2.94 bits per heavy atom. The van der Waals surface area contributed by atoms with Crippen molar-refractivity contribution in [2.24, 2.45) is 0 Å². The van der Waals surface area contributed by atoms with Crippen molar-refractivity contribution in [1.29, 1.82) is 0 Å². The average molecular weight is 234 g/mol. The zero-order valence-corrected chi connectivity index (χ0v) is 9.55. The Hall–Kier alpha value is -2.64. The standard InChI is InChI=1S/C15H10N2O/c18-15(12-5-1-2-6-12)17-13-9-3-7-11-8-4-10-16-14(11)13/h1-5,7-10H,(H,17,18). The van der Waals surface area contributed by atoms with E-state index in [1.165, 1.54) is 0 Å². The van der Waals surface area contributed by atoms with Crippen LogP contribution in [0.4, 0.5) is 5.69 Å². The van der Waals surface area contributed by atoms with Crippen molar-refractivity contribution in [2.75, 3.05) is 5.32 Å². The van der Waals surface area contributed by atoms with Crippen LogP contribution in [-0.4, -0.2) is 10.9 Å². The van der Waals surface area contributed by atoms with Gasteiger partial charge in [-0.05, 0) is 24.3 Å². The SMILES string of the molecule is O=C(Nc1cccc2cccnc12)C1=C=CC=C1. The Morgan fingerprint density at radius 2 is 2.11 bits per heavy atom. The molecule has 1 amide bonds. The second kappa shape index (κ2) is 4.32. The molecule has 0 aliphatic heterocycles. The van der Waals surface area contributed by atoms with E-state index < -0.39 is 0 Å². The van der Waals surface area contributed by atoms with Gasteiger partial charge in [-0.2, -0.15) is 0 Å². The van der Waals surface area contributed by atoms with Crippen molar-refractivity contribution in [3.05, 3.63) is 66.1 Å². The third kappa shape index (κ3) is 1.83. The van der Waals surface area contributed by atoms with Crippen molar-refractivity contribution >= 4 is 22.5 Å². The van der Waals surface area contributed by atoms with Gasteiger partial charge in [0.15, 0.2) is 0 Å². The molecule has 1 aliphatic rings. The maximum Gasteiger partial charge on any atom is 0.263 e. The summed E-state index contributed by atoms with van der Waals surface area (Å²) in [5.41, 5.74) is 4.91. The van der Waals surface area contributed by atoms with Crippen molar-refractivity contribution in [3.8, 4) is 0 Å². The molecule has 1 aliphatic carbocycles. The van der Waals surface area contributed by atoms with E-state index in [0.29, 0.717) is 11.3 Å². The molecule has 0 fully saturated rings. The lowest BCUT2D eigenvalue weighted by Gasteiger charge is -2.06. The van der Waals surface area contributed by atoms with Gasteiger partial charge in [-0.1, -0.05) is 24.3 Å². The molecule has 1 N–H and O–H groups in total. The lowest BCUT2D eigenvalue weighted by molar-refractivity contribution is -0.112. The van der Waals surface area contributed by atoms with Crippen LogP contribution < -0.4 is 5.32 Å². The number of benzene rings is 1. The number of hydrogen-bond donors (Lipinski definition) is 1. The van der Waals surface area contributed by atoms with Crippen molar-refractivity contribution in [3.63, 3.8) is 0 Å². The number of nitrogens with zero attached hydrogens (tertiary/aromatic N) is 1. The molecule has 2 aromatic rings. The number of nitrogens with one attached hydrogen (secondary N) is 1. The van der Waals surface area contributed by atoms with Gasteiger partial charge >= 0.3 is 0 Å². The molecule has 86 valence electrons. The quantitative estimate of drug-likeness (QED) is 0.812. The summed E-state index contributed by atoms with van der Waals surface area (Å²) in [5, 5.41) is 3.86. The highest BCUT2D eigenvalue weighted by atomic mass is 16.1. The van der Waals surface area contributed by atoms with Crippen LogP contribution in [-0.2, 0) is 4.79 Å². The average Bonchev–Trinajstić information content (AvgIpc) is 2.93. The Kier molecular flexibility index (Phi) is 2.52. The Balaban J connectivity index is 1.98. The number of hydrogen-bond acceptors (Lipinski definition) is 2. The van der Waals surface area contributed by atoms with Gasteiger partial charge in [-0.25, -0.2) is 0 Å². The number of allylic oxidation sites excluding steroid dienone is 1. The van der Waals surface area contributed by atoms with Crippen LogP contribution in [0.2, 0.25) is 0 Å². The van der Waals surface area contributed by atoms with E-state index in [1.807, 2.05) is 30.3 Å². The largest absolute Gasteiger partial charge is 0.320 e. The number of anilines is 1. The van der Waals surface area contributed by atoms with Crippen LogP contribution in [0.1, 0.15) is 0 Å². The molecule has 1 aromatic carbocycles. The highest BCUT2D eigenvalue weighted by Crippen LogP contribution is 2.21. The summed E-state index contributed by atoms with van der Waals surface area (Å²) in [5.74, 6) is -0.168. The van der Waals surface area contributed by atoms with E-state index in [1.54, 1.807) is 24.4 Å². The van der Waals surface area contributed by atoms with Crippen LogP contribution in [0.3, 0.4) is 0 Å². The van der Waals surface area contributed by atoms with Gasteiger partial charge in [0, 0.05) is 11.6 Å². The van der Waals surface area contributed by atoms with Crippen molar-refractivity contribution < 1.29 is 4.79 Å². The number of carbonyl (C=O) groups excluding carboxylic acids is 1. The highest BCUT2D eigenvalue weighted by molar-refractivity contribution is 6.09. The minimum atomic E-state index is -0.168. The number of para-hydroxylation sites is 1. The molecular formula is C15H10N2O. The zero-order chi connectivity index (χ0) is 12.4. The summed E-state index contributed by atoms with van der Waals surface area (Å²) in [7, 11) is 0. The van der Waals surface area contributed by atoms with Gasteiger partial charge in [0.2, 0.25) is 0 Å². The monoisotopic (exact) mass is 234 g/mol. The van der Waals surface area contributed by atoms with E-state index >= 15 is 0 Å². The molecule has 1 aromatic heterocycles. The lowest BCUT2D eigenvalue weighted by Crippen LogP contribution is -2.12. The van der Waals surface area contributed by atoms with Crippen LogP contribution in [0.5, 0.6) is 0 Å². The molecule has 0 saturated heterocycles. The second-order valence-corrected chi connectivity index (χ2v) is 3.92. The van der Waals surface area contributed by atoms with Crippen LogP contribution in [0.15, 0.2) is 66.1 Å². The lowest BCUT2D eigenvalue weighted by atomic mass is 10.2. The smallest absolute Gasteiger partial charge is 0.263 e. The summed E-state index contributed by atoms with van der Waals surface area (Å²) in [6.45, 7) is 0. The first-order chi connectivity index (χ1) is 8.84. The minimum Gasteiger partial charge on any atom is -0.320 e. The first kappa shape index (κ1) is 10.5. The third-order valence-corrected chi connectivity index (χ3v) is 2.72. The first-order valence-electron chi connectivity index (χ1n) is 5.63. The summed E-state index contributed by atoms with van der Waals surface area (Å²) in [6, 6.07) is 9.54. The second-order valence-electron chi connectivity index (χ2n) is 3.92. The highest BCUT2D eigenvalue weighted by Gasteiger charge is 2.10. The summed E-state index contributed by atoms with van der Waals surface area (Å²) in [4.78, 5) is 16.2. The molecule has 0 spiro atoms. The number of pyridine rings is 1. The maximum atomic E-state index is 11.9.